The smallest absolute Gasteiger partial charge is 0.238 e. The number of hydrazine groups is 1. The summed E-state index contributed by atoms with van der Waals surface area (Å²) >= 11 is 0. The fourth-order valence-electron chi connectivity index (χ4n) is 2.42. The minimum absolute atomic E-state index is 0.0918. The Morgan fingerprint density at radius 1 is 1.53 bits per heavy atom. The molecule has 1 rings (SSSR count). The van der Waals surface area contributed by atoms with Crippen LogP contribution in [0.25, 0.3) is 0 Å². The average Bonchev–Trinajstić information content (AvgIpc) is 2.36. The van der Waals surface area contributed by atoms with Crippen LogP contribution in [0, 0.1) is 5.92 Å². The Hall–Kier alpha value is -0.650. The Bertz CT molecular complexity index is 272. The van der Waals surface area contributed by atoms with Crippen molar-refractivity contribution < 1.29 is 9.53 Å². The van der Waals surface area contributed by atoms with Gasteiger partial charge in [0, 0.05) is 19.7 Å². The topological polar surface area (TPSA) is 67.6 Å². The number of nitrogens with two attached hydrogens (primary N) is 1. The van der Waals surface area contributed by atoms with Gasteiger partial charge in [0.2, 0.25) is 5.91 Å². The van der Waals surface area contributed by atoms with Gasteiger partial charge in [0.1, 0.15) is 0 Å². The second-order valence-electron chi connectivity index (χ2n) is 5.27. The summed E-state index contributed by atoms with van der Waals surface area (Å²) in [6.07, 6.45) is 2.18. The van der Waals surface area contributed by atoms with E-state index in [-0.39, 0.29) is 23.5 Å². The summed E-state index contributed by atoms with van der Waals surface area (Å²) in [5.41, 5.74) is 2.13. The number of hydrogen-bond acceptors (Lipinski definition) is 4. The van der Waals surface area contributed by atoms with Crippen LogP contribution in [0.1, 0.15) is 33.6 Å². The highest BCUT2D eigenvalue weighted by atomic mass is 16.5. The van der Waals surface area contributed by atoms with Crippen molar-refractivity contribution in [2.75, 3.05) is 20.2 Å². The van der Waals surface area contributed by atoms with Gasteiger partial charge in [-0.15, -0.1) is 0 Å². The maximum atomic E-state index is 11.5. The largest absolute Gasteiger partial charge is 0.377 e. The molecule has 0 aromatic rings. The van der Waals surface area contributed by atoms with E-state index in [1.54, 1.807) is 7.11 Å². The number of nitrogens with zero attached hydrogens (tertiary/aromatic N) is 1. The summed E-state index contributed by atoms with van der Waals surface area (Å²) in [6.45, 7) is 7.99. The van der Waals surface area contributed by atoms with Gasteiger partial charge in [0.25, 0.3) is 0 Å². The summed E-state index contributed by atoms with van der Waals surface area (Å²) in [4.78, 5) is 13.8. The van der Waals surface area contributed by atoms with Crippen LogP contribution in [0.4, 0.5) is 0 Å². The maximum absolute atomic E-state index is 11.5. The number of hydrogen-bond donors (Lipinski definition) is 2. The van der Waals surface area contributed by atoms with Crippen molar-refractivity contribution in [1.82, 2.24) is 10.3 Å². The molecule has 0 bridgehead atoms. The lowest BCUT2D eigenvalue weighted by Gasteiger charge is -2.43. The monoisotopic (exact) mass is 243 g/mol. The van der Waals surface area contributed by atoms with Crippen LogP contribution in [-0.2, 0) is 9.53 Å². The fraction of sp³-hybridized carbons (Fsp3) is 0.917. The molecule has 3 unspecified atom stereocenters. The molecule has 0 aromatic carbocycles. The first-order valence-corrected chi connectivity index (χ1v) is 6.23. The highest BCUT2D eigenvalue weighted by Gasteiger charge is 2.35. The molecule has 0 aliphatic carbocycles. The number of carbonyl (C=O) groups excluding carboxylic acids is 1. The zero-order chi connectivity index (χ0) is 13.1. The fourth-order valence-corrected chi connectivity index (χ4v) is 2.42. The van der Waals surface area contributed by atoms with Crippen molar-refractivity contribution >= 4 is 5.91 Å². The Balaban J connectivity index is 2.63. The van der Waals surface area contributed by atoms with E-state index < -0.39 is 0 Å². The molecule has 1 aliphatic rings. The van der Waals surface area contributed by atoms with Crippen molar-refractivity contribution in [1.29, 1.82) is 0 Å². The molecule has 3 atom stereocenters. The zero-order valence-corrected chi connectivity index (χ0v) is 11.3. The highest BCUT2D eigenvalue weighted by molar-refractivity contribution is 5.78. The molecule has 5 nitrogen and oxygen atoms in total. The van der Waals surface area contributed by atoms with E-state index in [9.17, 15) is 4.79 Å². The molecular weight excluding hydrogens is 218 g/mol. The van der Waals surface area contributed by atoms with E-state index in [1.807, 2.05) is 6.92 Å². The highest BCUT2D eigenvalue weighted by Crippen LogP contribution is 2.26. The number of piperidine rings is 1. The van der Waals surface area contributed by atoms with E-state index in [0.717, 1.165) is 25.9 Å². The molecule has 5 heteroatoms. The van der Waals surface area contributed by atoms with E-state index in [0.29, 0.717) is 0 Å². The molecule has 1 saturated heterocycles. The van der Waals surface area contributed by atoms with Crippen molar-refractivity contribution in [3.63, 3.8) is 0 Å². The molecule has 1 heterocycles. The van der Waals surface area contributed by atoms with Crippen molar-refractivity contribution in [3.8, 4) is 0 Å². The van der Waals surface area contributed by atoms with E-state index in [1.165, 1.54) is 0 Å². The van der Waals surface area contributed by atoms with Crippen LogP contribution in [-0.4, -0.2) is 42.6 Å². The minimum Gasteiger partial charge on any atom is -0.377 e. The number of rotatable bonds is 4. The number of methoxy groups -OCH3 is 1. The van der Waals surface area contributed by atoms with Crippen LogP contribution in [0.2, 0.25) is 0 Å². The molecule has 0 saturated carbocycles. The normalized spacial score (nSPS) is 29.7. The van der Waals surface area contributed by atoms with Crippen molar-refractivity contribution in [3.05, 3.63) is 0 Å². The third-order valence-electron chi connectivity index (χ3n) is 4.04. The van der Waals surface area contributed by atoms with Gasteiger partial charge in [0.15, 0.2) is 0 Å². The first-order chi connectivity index (χ1) is 7.93. The van der Waals surface area contributed by atoms with Crippen molar-refractivity contribution in [2.45, 2.75) is 45.3 Å². The number of amides is 1. The summed E-state index contributed by atoms with van der Waals surface area (Å²) in [6, 6.07) is 0.174. The van der Waals surface area contributed by atoms with Crippen LogP contribution in [0.15, 0.2) is 0 Å². The predicted octanol–water partition coefficient (Wildman–Crippen LogP) is 0.502. The quantitative estimate of drug-likeness (QED) is 0.429. The zero-order valence-electron chi connectivity index (χ0n) is 11.3. The molecule has 17 heavy (non-hydrogen) atoms. The lowest BCUT2D eigenvalue weighted by molar-refractivity contribution is -0.128. The van der Waals surface area contributed by atoms with Gasteiger partial charge < -0.3 is 4.74 Å². The van der Waals surface area contributed by atoms with Crippen molar-refractivity contribution in [2.24, 2.45) is 11.8 Å². The first-order valence-electron chi connectivity index (χ1n) is 6.23. The first kappa shape index (κ1) is 14.4. The molecule has 3 N–H and O–H groups in total. The molecule has 1 amide bonds. The second-order valence-corrected chi connectivity index (χ2v) is 5.27. The summed E-state index contributed by atoms with van der Waals surface area (Å²) in [5, 5.41) is 0. The number of nitrogens with one attached hydrogen (secondary N) is 1. The average molecular weight is 243 g/mol. The van der Waals surface area contributed by atoms with Gasteiger partial charge >= 0.3 is 0 Å². The SMILES string of the molecule is COC1(C)CCCN(C(C)C(C)C(=O)NN)C1. The number of carbonyl (C=O) groups is 1. The second kappa shape index (κ2) is 5.80. The Kier molecular flexibility index (Phi) is 4.91. The van der Waals surface area contributed by atoms with E-state index in [4.69, 9.17) is 10.6 Å². The van der Waals surface area contributed by atoms with E-state index in [2.05, 4.69) is 24.2 Å². The third kappa shape index (κ3) is 3.40. The molecule has 100 valence electrons. The predicted molar refractivity (Wildman–Crippen MR) is 67.2 cm³/mol. The number of likely N-dealkylation sites (tertiary alicyclic amines) is 1. The van der Waals surface area contributed by atoms with Crippen LogP contribution in [0.5, 0.6) is 0 Å². The lowest BCUT2D eigenvalue weighted by Crippen LogP contribution is -2.54. The summed E-state index contributed by atoms with van der Waals surface area (Å²) in [7, 11) is 1.75. The molecule has 0 spiro atoms. The number of ether oxygens (including phenoxy) is 1. The summed E-state index contributed by atoms with van der Waals surface area (Å²) in [5.74, 6) is 4.96. The standard InChI is InChI=1S/C12H25N3O2/c1-9(11(16)14-13)10(2)15-7-5-6-12(3,8-15)17-4/h9-10H,5-8,13H2,1-4H3,(H,14,16). The maximum Gasteiger partial charge on any atom is 0.238 e. The molecule has 1 fully saturated rings. The Labute approximate surface area is 104 Å². The molecule has 1 aliphatic heterocycles. The van der Waals surface area contributed by atoms with Crippen LogP contribution >= 0.6 is 0 Å². The van der Waals surface area contributed by atoms with Gasteiger partial charge in [-0.25, -0.2) is 5.84 Å². The van der Waals surface area contributed by atoms with Gasteiger partial charge in [0.05, 0.1) is 11.5 Å². The van der Waals surface area contributed by atoms with Crippen LogP contribution in [0.3, 0.4) is 0 Å². The molecular formula is C12H25N3O2. The van der Waals surface area contributed by atoms with Gasteiger partial charge in [-0.05, 0) is 33.2 Å². The lowest BCUT2D eigenvalue weighted by atomic mass is 9.91. The Morgan fingerprint density at radius 2 is 2.18 bits per heavy atom. The van der Waals surface area contributed by atoms with Gasteiger partial charge in [-0.2, -0.15) is 0 Å². The van der Waals surface area contributed by atoms with Gasteiger partial charge in [-0.3, -0.25) is 15.1 Å². The van der Waals surface area contributed by atoms with Crippen LogP contribution < -0.4 is 11.3 Å². The summed E-state index contributed by atoms with van der Waals surface area (Å²) < 4.78 is 5.56. The van der Waals surface area contributed by atoms with E-state index >= 15 is 0 Å². The molecule has 0 radical (unpaired) electrons. The molecule has 0 aromatic heterocycles. The minimum atomic E-state index is -0.112. The third-order valence-corrected chi connectivity index (χ3v) is 4.04. The Morgan fingerprint density at radius 3 is 2.71 bits per heavy atom. The van der Waals surface area contributed by atoms with Gasteiger partial charge in [-0.1, -0.05) is 6.92 Å².